The maximum atomic E-state index is 13.2. The number of aromatic hydroxyl groups is 1. The summed E-state index contributed by atoms with van der Waals surface area (Å²) in [5.74, 6) is -0.620. The molecule has 3 atom stereocenters. The van der Waals surface area contributed by atoms with Crippen molar-refractivity contribution in [3.05, 3.63) is 37.6 Å². The first kappa shape index (κ1) is 26.5. The van der Waals surface area contributed by atoms with Gasteiger partial charge in [0, 0.05) is 12.6 Å². The maximum Gasteiger partial charge on any atom is 0.253 e. The van der Waals surface area contributed by atoms with E-state index in [1.165, 1.54) is 16.4 Å². The zero-order chi connectivity index (χ0) is 25.4. The first-order valence-electron chi connectivity index (χ1n) is 11.5. The minimum atomic E-state index is -4.12. The number of ether oxygens (including phenoxy) is 1. The minimum absolute atomic E-state index is 0.0355. The summed E-state index contributed by atoms with van der Waals surface area (Å²) in [6.45, 7) is 9.25. The van der Waals surface area contributed by atoms with Crippen molar-refractivity contribution in [3.63, 3.8) is 0 Å². The molecule has 9 nitrogen and oxygen atoms in total. The molecule has 2 aromatic rings. The number of nitrogens with zero attached hydrogens (tertiary/aromatic N) is 1. The molecule has 0 bridgehead atoms. The number of phenols is 1. The fourth-order valence-electron chi connectivity index (χ4n) is 4.38. The first-order valence-corrected chi connectivity index (χ1v) is 13.3. The van der Waals surface area contributed by atoms with E-state index in [-0.39, 0.29) is 52.9 Å². The van der Waals surface area contributed by atoms with Gasteiger partial charge in [0.05, 0.1) is 29.0 Å². The summed E-state index contributed by atoms with van der Waals surface area (Å²) in [5, 5.41) is 16.6. The van der Waals surface area contributed by atoms with Crippen molar-refractivity contribution in [3.8, 4) is 5.75 Å². The summed E-state index contributed by atoms with van der Waals surface area (Å²) in [6.07, 6.45) is 2.47. The number of hydrogen-bond acceptors (Lipinski definition) is 8. The fraction of sp³-hybridized carbons (Fsp3) is 0.565. The van der Waals surface area contributed by atoms with E-state index < -0.39 is 31.5 Å². The molecular weight excluding hydrogens is 482 g/mol. The highest BCUT2D eigenvalue weighted by Crippen LogP contribution is 2.40. The van der Waals surface area contributed by atoms with Gasteiger partial charge in [0.15, 0.2) is 5.75 Å². The van der Waals surface area contributed by atoms with E-state index in [4.69, 9.17) is 16.3 Å². The highest BCUT2D eigenvalue weighted by Gasteiger charge is 2.34. The molecule has 1 saturated heterocycles. The quantitative estimate of drug-likeness (QED) is 0.325. The third-order valence-corrected chi connectivity index (χ3v) is 8.84. The molecule has 1 unspecified atom stereocenters. The van der Waals surface area contributed by atoms with Crippen LogP contribution in [-0.2, 0) is 14.8 Å². The maximum absolute atomic E-state index is 13.2. The van der Waals surface area contributed by atoms with E-state index in [0.717, 1.165) is 12.8 Å². The molecule has 3 rings (SSSR count). The Morgan fingerprint density at radius 1 is 1.18 bits per heavy atom. The molecule has 0 spiro atoms. The average Bonchev–Trinajstić information content (AvgIpc) is 3.20. The van der Waals surface area contributed by atoms with Crippen LogP contribution in [0.25, 0.3) is 0 Å². The molecule has 0 radical (unpaired) electrons. The topological polar surface area (TPSA) is 125 Å². The highest BCUT2D eigenvalue weighted by atomic mass is 35.5. The molecule has 1 heterocycles. The Morgan fingerprint density at radius 2 is 1.82 bits per heavy atom. The lowest BCUT2D eigenvalue weighted by molar-refractivity contribution is 0.0438. The van der Waals surface area contributed by atoms with E-state index in [0.29, 0.717) is 6.42 Å². The van der Waals surface area contributed by atoms with Crippen molar-refractivity contribution >= 4 is 38.7 Å². The van der Waals surface area contributed by atoms with E-state index >= 15 is 0 Å². The van der Waals surface area contributed by atoms with Crippen LogP contribution in [0.2, 0.25) is 5.02 Å². The van der Waals surface area contributed by atoms with Gasteiger partial charge in [-0.2, -0.15) is 4.31 Å². The molecule has 0 amide bonds. The lowest BCUT2D eigenvalue weighted by Crippen LogP contribution is -2.42. The Labute approximate surface area is 204 Å². The smallest absolute Gasteiger partial charge is 0.253 e. The van der Waals surface area contributed by atoms with E-state index in [9.17, 15) is 23.1 Å². The molecule has 34 heavy (non-hydrogen) atoms. The minimum Gasteiger partial charge on any atom is -0.504 e. The molecule has 188 valence electrons. The van der Waals surface area contributed by atoms with E-state index in [1.54, 1.807) is 20.8 Å². The normalized spacial score (nSPS) is 19.8. The molecule has 1 fully saturated rings. The van der Waals surface area contributed by atoms with Crippen molar-refractivity contribution in [2.75, 3.05) is 17.2 Å². The molecule has 0 aromatic heterocycles. The summed E-state index contributed by atoms with van der Waals surface area (Å²) in [4.78, 5) is 24.2. The number of benzene rings is 1. The van der Waals surface area contributed by atoms with Crippen LogP contribution in [0.3, 0.4) is 0 Å². The summed E-state index contributed by atoms with van der Waals surface area (Å²) in [6, 6.07) is 2.15. The van der Waals surface area contributed by atoms with E-state index in [1.807, 2.05) is 13.8 Å². The summed E-state index contributed by atoms with van der Waals surface area (Å²) >= 11 is 6.18. The molecule has 2 aromatic carbocycles. The van der Waals surface area contributed by atoms with Crippen LogP contribution in [0.4, 0.5) is 17.1 Å². The van der Waals surface area contributed by atoms with Gasteiger partial charge < -0.3 is 20.5 Å². The number of rotatable bonds is 10. The number of anilines is 3. The highest BCUT2D eigenvalue weighted by molar-refractivity contribution is 7.89. The predicted molar refractivity (Wildman–Crippen MR) is 134 cm³/mol. The van der Waals surface area contributed by atoms with Gasteiger partial charge in [-0.25, -0.2) is 8.42 Å². The zero-order valence-electron chi connectivity index (χ0n) is 20.0. The van der Waals surface area contributed by atoms with Gasteiger partial charge in [-0.3, -0.25) is 9.59 Å². The van der Waals surface area contributed by atoms with Crippen LogP contribution in [0.15, 0.2) is 26.6 Å². The van der Waals surface area contributed by atoms with Gasteiger partial charge in [0.1, 0.15) is 16.3 Å². The summed E-state index contributed by atoms with van der Waals surface area (Å²) in [5.41, 5.74) is -1.42. The van der Waals surface area contributed by atoms with Crippen LogP contribution in [0.5, 0.6) is 5.75 Å². The number of nitrogens with one attached hydrogen (secondary N) is 2. The van der Waals surface area contributed by atoms with Gasteiger partial charge in [-0.1, -0.05) is 25.4 Å². The first-order chi connectivity index (χ1) is 15.9. The molecular formula is C23H32ClN3O6S. The van der Waals surface area contributed by atoms with Crippen LogP contribution in [-0.4, -0.2) is 48.7 Å². The third kappa shape index (κ3) is 4.82. The third-order valence-electron chi connectivity index (χ3n) is 6.19. The fourth-order valence-corrected chi connectivity index (χ4v) is 6.62. The second kappa shape index (κ2) is 10.2. The number of hydrogen-bond donors (Lipinski definition) is 3. The Morgan fingerprint density at radius 3 is 2.35 bits per heavy atom. The predicted octanol–water partition coefficient (Wildman–Crippen LogP) is 3.56. The van der Waals surface area contributed by atoms with Gasteiger partial charge >= 0.3 is 0 Å². The number of phenolic OH excluding ortho intramolecular Hbond substituents is 1. The molecule has 0 aliphatic carbocycles. The molecule has 1 aliphatic heterocycles. The largest absolute Gasteiger partial charge is 0.504 e. The Balaban J connectivity index is 1.95. The van der Waals surface area contributed by atoms with Crippen molar-refractivity contribution in [1.29, 1.82) is 0 Å². The van der Waals surface area contributed by atoms with Crippen LogP contribution >= 0.6 is 11.6 Å². The molecule has 3 N–H and O–H groups in total. The van der Waals surface area contributed by atoms with Crippen molar-refractivity contribution in [1.82, 2.24) is 4.31 Å². The molecule has 1 aliphatic rings. The Hall–Kier alpha value is -2.14. The average molecular weight is 514 g/mol. The Kier molecular flexibility index (Phi) is 7.96. The lowest BCUT2D eigenvalue weighted by atomic mass is 10.0. The van der Waals surface area contributed by atoms with Gasteiger partial charge in [-0.15, -0.1) is 0 Å². The summed E-state index contributed by atoms with van der Waals surface area (Å²) in [7, 11) is -4.12. The van der Waals surface area contributed by atoms with Gasteiger partial charge in [0.2, 0.25) is 10.0 Å². The monoisotopic (exact) mass is 513 g/mol. The van der Waals surface area contributed by atoms with Crippen molar-refractivity contribution in [2.24, 2.45) is 0 Å². The summed E-state index contributed by atoms with van der Waals surface area (Å²) < 4.78 is 33.5. The zero-order valence-corrected chi connectivity index (χ0v) is 21.6. The van der Waals surface area contributed by atoms with Crippen molar-refractivity contribution in [2.45, 2.75) is 83.1 Å². The van der Waals surface area contributed by atoms with Gasteiger partial charge in [-0.05, 0) is 52.2 Å². The second-order valence-corrected chi connectivity index (χ2v) is 11.1. The lowest BCUT2D eigenvalue weighted by Gasteiger charge is -2.27. The van der Waals surface area contributed by atoms with Crippen molar-refractivity contribution < 1.29 is 18.3 Å². The Bertz CT molecular complexity index is 1220. The number of sulfonamides is 1. The van der Waals surface area contributed by atoms with E-state index in [2.05, 4.69) is 10.6 Å². The van der Waals surface area contributed by atoms with Crippen LogP contribution in [0.1, 0.15) is 53.9 Å². The van der Waals surface area contributed by atoms with Crippen LogP contribution in [0, 0.1) is 0 Å². The van der Waals surface area contributed by atoms with Gasteiger partial charge in [0.25, 0.3) is 10.9 Å². The number of halogens is 1. The molecule has 0 saturated carbocycles. The molecule has 11 heteroatoms. The van der Waals surface area contributed by atoms with Crippen LogP contribution < -0.4 is 21.5 Å². The SMILES string of the molecule is CCC(Nc1c(Nc2ccc(Cl)c(S(=O)(=O)N(CC)C(C)C)c2O)c(=O)c1=O)[C@H]1CC[C@@H](C)O1. The second-order valence-electron chi connectivity index (χ2n) is 8.83. The standard InChI is InChI=1S/C23H32ClN3O6S/c1-6-15(17-11-8-13(5)33-17)25-18-19(22(30)21(18)29)26-16-10-9-14(24)23(20(16)28)34(31,32)27(7-2)12(3)4/h9-10,12-13,15,17,25-26,28H,6-8,11H2,1-5H3/t13-,15?,17-/m1/s1.